The van der Waals surface area contributed by atoms with Gasteiger partial charge < -0.3 is 4.74 Å². The molecule has 1 fully saturated rings. The van der Waals surface area contributed by atoms with Crippen LogP contribution in [0.1, 0.15) is 6.92 Å². The summed E-state index contributed by atoms with van der Waals surface area (Å²) in [6, 6.07) is 4.94. The molecule has 22 heavy (non-hydrogen) atoms. The number of fused-ring (bicyclic) bond motifs is 1. The predicted molar refractivity (Wildman–Crippen MR) is 73.4 cm³/mol. The lowest BCUT2D eigenvalue weighted by molar-refractivity contribution is -0.133. The second-order valence-electron chi connectivity index (χ2n) is 5.19. The lowest BCUT2D eigenvalue weighted by Crippen LogP contribution is -2.48. The normalized spacial score (nSPS) is 26.6. The van der Waals surface area contributed by atoms with Crippen LogP contribution in [0.3, 0.4) is 0 Å². The molecular formula is C14H12FN3O4. The van der Waals surface area contributed by atoms with Crippen molar-refractivity contribution >= 4 is 29.2 Å². The van der Waals surface area contributed by atoms with Crippen molar-refractivity contribution in [1.29, 1.82) is 0 Å². The molecule has 114 valence electrons. The van der Waals surface area contributed by atoms with Gasteiger partial charge in [0.15, 0.2) is 5.71 Å². The second-order valence-corrected chi connectivity index (χ2v) is 5.19. The summed E-state index contributed by atoms with van der Waals surface area (Å²) >= 11 is 0. The molecule has 1 aromatic carbocycles. The van der Waals surface area contributed by atoms with Gasteiger partial charge in [-0.1, -0.05) is 0 Å². The number of methoxy groups -OCH3 is 1. The Morgan fingerprint density at radius 2 is 2.00 bits per heavy atom. The van der Waals surface area contributed by atoms with E-state index in [4.69, 9.17) is 0 Å². The number of benzene rings is 1. The van der Waals surface area contributed by atoms with Crippen molar-refractivity contribution in [3.63, 3.8) is 0 Å². The molecule has 3 rings (SSSR count). The molecule has 0 radical (unpaired) electrons. The highest BCUT2D eigenvalue weighted by molar-refractivity contribution is 6.47. The molecule has 2 atom stereocenters. The Balaban J connectivity index is 2.03. The van der Waals surface area contributed by atoms with Gasteiger partial charge in [-0.3, -0.25) is 15.0 Å². The first-order chi connectivity index (χ1) is 10.4. The third-order valence-corrected chi connectivity index (χ3v) is 3.85. The molecule has 8 heteroatoms. The smallest absolute Gasteiger partial charge is 0.355 e. The molecule has 0 aliphatic carbocycles. The minimum Gasteiger partial charge on any atom is -0.464 e. The van der Waals surface area contributed by atoms with E-state index in [1.54, 1.807) is 0 Å². The zero-order valence-corrected chi connectivity index (χ0v) is 11.8. The van der Waals surface area contributed by atoms with E-state index in [-0.39, 0.29) is 11.4 Å². The molecule has 2 aliphatic heterocycles. The van der Waals surface area contributed by atoms with Crippen LogP contribution >= 0.6 is 0 Å². The molecular weight excluding hydrogens is 293 g/mol. The van der Waals surface area contributed by atoms with Crippen LogP contribution in [0.4, 0.5) is 10.1 Å². The highest BCUT2D eigenvalue weighted by Gasteiger charge is 2.63. The third kappa shape index (κ3) is 1.73. The number of carbonyl (C=O) groups is 3. The number of carbonyl (C=O) groups excluding carboxylic acids is 3. The molecule has 2 amide bonds. The zero-order chi connectivity index (χ0) is 16.1. The van der Waals surface area contributed by atoms with Crippen LogP contribution in [0.5, 0.6) is 0 Å². The van der Waals surface area contributed by atoms with E-state index in [2.05, 4.69) is 15.3 Å². The quantitative estimate of drug-likeness (QED) is 0.623. The van der Waals surface area contributed by atoms with E-state index in [9.17, 15) is 18.8 Å². The molecule has 1 N–H and O–H groups in total. The van der Waals surface area contributed by atoms with Gasteiger partial charge in [0.05, 0.1) is 12.8 Å². The average molecular weight is 305 g/mol. The van der Waals surface area contributed by atoms with Crippen LogP contribution in [0.25, 0.3) is 0 Å². The Labute approximate surface area is 124 Å². The van der Waals surface area contributed by atoms with Crippen molar-refractivity contribution in [2.75, 3.05) is 12.0 Å². The summed E-state index contributed by atoms with van der Waals surface area (Å²) < 4.78 is 17.6. The summed E-state index contributed by atoms with van der Waals surface area (Å²) in [5.41, 5.74) is 1.29. The standard InChI is InChI=1S/C14H12FN3O4/c1-14-9(10(16-17-14)12(20)22-2)11(19)18(13(14)21)8-5-3-7(15)4-6-8/h3-6,9,17H,1-2H3/t9-,14-/m1/s1. The van der Waals surface area contributed by atoms with E-state index in [1.807, 2.05) is 0 Å². The Bertz CT molecular complexity index is 715. The van der Waals surface area contributed by atoms with Gasteiger partial charge in [0.25, 0.3) is 5.91 Å². The number of anilines is 1. The first kappa shape index (κ1) is 14.2. The highest BCUT2D eigenvalue weighted by Crippen LogP contribution is 2.37. The van der Waals surface area contributed by atoms with Gasteiger partial charge in [-0.15, -0.1) is 0 Å². The SMILES string of the molecule is COC(=O)C1=NN[C@@]2(C)C(=O)N(c3ccc(F)cc3)C(=O)[C@@H]12. The Morgan fingerprint density at radius 3 is 2.59 bits per heavy atom. The van der Waals surface area contributed by atoms with E-state index in [0.717, 1.165) is 17.0 Å². The molecule has 0 spiro atoms. The summed E-state index contributed by atoms with van der Waals surface area (Å²) in [5, 5.41) is 3.77. The Kier molecular flexibility index (Phi) is 2.98. The summed E-state index contributed by atoms with van der Waals surface area (Å²) in [7, 11) is 1.17. The van der Waals surface area contributed by atoms with Crippen LogP contribution < -0.4 is 10.3 Å². The van der Waals surface area contributed by atoms with Crippen molar-refractivity contribution in [2.45, 2.75) is 12.5 Å². The molecule has 0 bridgehead atoms. The zero-order valence-electron chi connectivity index (χ0n) is 11.8. The van der Waals surface area contributed by atoms with Crippen molar-refractivity contribution in [2.24, 2.45) is 11.0 Å². The summed E-state index contributed by atoms with van der Waals surface area (Å²) in [4.78, 5) is 37.8. The Morgan fingerprint density at radius 1 is 1.36 bits per heavy atom. The number of nitrogens with one attached hydrogen (secondary N) is 1. The fourth-order valence-electron chi connectivity index (χ4n) is 2.68. The number of ether oxygens (including phenoxy) is 1. The molecule has 1 aromatic rings. The topological polar surface area (TPSA) is 88.1 Å². The number of hydrogen-bond acceptors (Lipinski definition) is 6. The maximum absolute atomic E-state index is 13.0. The number of nitrogens with zero attached hydrogens (tertiary/aromatic N) is 2. The summed E-state index contributed by atoms with van der Waals surface area (Å²) in [5.74, 6) is -3.49. The fraction of sp³-hybridized carbons (Fsp3) is 0.286. The number of hydrazone groups is 1. The number of amides is 2. The van der Waals surface area contributed by atoms with Crippen LogP contribution in [0.15, 0.2) is 29.4 Å². The van der Waals surface area contributed by atoms with Gasteiger partial charge in [0.2, 0.25) is 5.91 Å². The van der Waals surface area contributed by atoms with Gasteiger partial charge in [0, 0.05) is 0 Å². The molecule has 0 aromatic heterocycles. The molecule has 2 aliphatic rings. The second kappa shape index (κ2) is 4.62. The number of rotatable bonds is 2. The lowest BCUT2D eigenvalue weighted by Gasteiger charge is -2.20. The van der Waals surface area contributed by atoms with Crippen LogP contribution in [-0.4, -0.2) is 36.1 Å². The van der Waals surface area contributed by atoms with E-state index < -0.39 is 35.1 Å². The number of hydrogen-bond donors (Lipinski definition) is 1. The molecule has 1 saturated heterocycles. The van der Waals surface area contributed by atoms with E-state index in [1.165, 1.54) is 26.2 Å². The molecule has 2 heterocycles. The average Bonchev–Trinajstić information content (AvgIpc) is 2.95. The van der Waals surface area contributed by atoms with Gasteiger partial charge in [-0.05, 0) is 31.2 Å². The van der Waals surface area contributed by atoms with E-state index >= 15 is 0 Å². The maximum atomic E-state index is 13.0. The number of imide groups is 1. The number of esters is 1. The minimum absolute atomic E-state index is 0.145. The van der Waals surface area contributed by atoms with E-state index in [0.29, 0.717) is 0 Å². The van der Waals surface area contributed by atoms with Gasteiger partial charge in [0.1, 0.15) is 17.3 Å². The lowest BCUT2D eigenvalue weighted by atomic mass is 9.86. The predicted octanol–water partition coefficient (Wildman–Crippen LogP) is 0.206. The van der Waals surface area contributed by atoms with Crippen LogP contribution in [0.2, 0.25) is 0 Å². The Hall–Kier alpha value is -2.77. The highest BCUT2D eigenvalue weighted by atomic mass is 19.1. The van der Waals surface area contributed by atoms with Crippen molar-refractivity contribution < 1.29 is 23.5 Å². The monoisotopic (exact) mass is 305 g/mol. The van der Waals surface area contributed by atoms with Crippen molar-refractivity contribution in [3.8, 4) is 0 Å². The summed E-state index contributed by atoms with van der Waals surface area (Å²) in [6.07, 6.45) is 0. The minimum atomic E-state index is -1.35. The van der Waals surface area contributed by atoms with Crippen molar-refractivity contribution in [3.05, 3.63) is 30.1 Å². The first-order valence-electron chi connectivity index (χ1n) is 6.47. The third-order valence-electron chi connectivity index (χ3n) is 3.85. The van der Waals surface area contributed by atoms with Crippen molar-refractivity contribution in [1.82, 2.24) is 5.43 Å². The summed E-state index contributed by atoms with van der Waals surface area (Å²) in [6.45, 7) is 1.49. The molecule has 7 nitrogen and oxygen atoms in total. The fourth-order valence-corrected chi connectivity index (χ4v) is 2.68. The molecule has 0 saturated carbocycles. The maximum Gasteiger partial charge on any atom is 0.355 e. The first-order valence-corrected chi connectivity index (χ1v) is 6.47. The van der Waals surface area contributed by atoms with Gasteiger partial charge in [-0.25, -0.2) is 14.1 Å². The largest absolute Gasteiger partial charge is 0.464 e. The van der Waals surface area contributed by atoms with Gasteiger partial charge in [-0.2, -0.15) is 5.10 Å². The van der Waals surface area contributed by atoms with Crippen LogP contribution in [0, 0.1) is 11.7 Å². The van der Waals surface area contributed by atoms with Crippen LogP contribution in [-0.2, 0) is 19.1 Å². The van der Waals surface area contributed by atoms with Gasteiger partial charge >= 0.3 is 5.97 Å². The molecule has 0 unspecified atom stereocenters. The number of halogens is 1.